The molecule has 1 saturated heterocycles. The van der Waals surface area contributed by atoms with Gasteiger partial charge in [-0.1, -0.05) is 42.0 Å². The third kappa shape index (κ3) is 5.76. The van der Waals surface area contributed by atoms with Crippen molar-refractivity contribution >= 4 is 27.5 Å². The van der Waals surface area contributed by atoms with E-state index in [0.717, 1.165) is 19.3 Å². The standard InChI is InChI=1S/C22H23ClN2O4S/c23-20-8-2-3-9-21(20)29-17-7-4-14-24-22(26)18-10-12-19(13-11-18)30(27,28)25-15-5-1-6-16-25/h2-3,8-13H,1,5-6,14-17H2,(H,24,26). The monoisotopic (exact) mass is 446 g/mol. The van der Waals surface area contributed by atoms with Crippen LogP contribution >= 0.6 is 11.6 Å². The van der Waals surface area contributed by atoms with Crippen molar-refractivity contribution in [3.05, 3.63) is 59.1 Å². The highest BCUT2D eigenvalue weighted by atomic mass is 35.5. The Hall–Kier alpha value is -2.53. The van der Waals surface area contributed by atoms with Crippen LogP contribution in [-0.4, -0.2) is 44.9 Å². The number of carbonyl (C=O) groups excluding carboxylic acids is 1. The number of carbonyl (C=O) groups is 1. The maximum atomic E-state index is 12.7. The molecule has 8 heteroatoms. The van der Waals surface area contributed by atoms with Crippen molar-refractivity contribution in [3.8, 4) is 17.6 Å². The SMILES string of the molecule is O=C(NCC#CCOc1ccccc1Cl)c1ccc(S(=O)(=O)N2CCCCC2)cc1. The van der Waals surface area contributed by atoms with Crippen LogP contribution in [0.4, 0.5) is 0 Å². The zero-order chi connectivity index (χ0) is 21.4. The molecule has 3 rings (SSSR count). The zero-order valence-electron chi connectivity index (χ0n) is 16.4. The molecule has 0 bridgehead atoms. The summed E-state index contributed by atoms with van der Waals surface area (Å²) in [5, 5.41) is 3.19. The van der Waals surface area contributed by atoms with Crippen molar-refractivity contribution in [2.45, 2.75) is 24.2 Å². The fraction of sp³-hybridized carbons (Fsp3) is 0.318. The Morgan fingerprint density at radius 3 is 2.43 bits per heavy atom. The highest BCUT2D eigenvalue weighted by Gasteiger charge is 2.25. The molecular weight excluding hydrogens is 424 g/mol. The molecule has 158 valence electrons. The Bertz CT molecular complexity index is 1040. The minimum absolute atomic E-state index is 0.151. The second-order valence-corrected chi connectivity index (χ2v) is 9.09. The number of amides is 1. The molecule has 1 aliphatic heterocycles. The van der Waals surface area contributed by atoms with Gasteiger partial charge in [-0.15, -0.1) is 0 Å². The molecule has 30 heavy (non-hydrogen) atoms. The van der Waals surface area contributed by atoms with Crippen molar-refractivity contribution in [2.75, 3.05) is 26.2 Å². The summed E-state index contributed by atoms with van der Waals surface area (Å²) in [6, 6.07) is 13.1. The van der Waals surface area contributed by atoms with Gasteiger partial charge < -0.3 is 10.1 Å². The van der Waals surface area contributed by atoms with Crippen LogP contribution in [0.25, 0.3) is 0 Å². The molecule has 0 aliphatic carbocycles. The molecule has 0 atom stereocenters. The topological polar surface area (TPSA) is 75.7 Å². The van der Waals surface area contributed by atoms with Gasteiger partial charge >= 0.3 is 0 Å². The predicted octanol–water partition coefficient (Wildman–Crippen LogP) is 3.33. The van der Waals surface area contributed by atoms with Crippen molar-refractivity contribution in [1.82, 2.24) is 9.62 Å². The maximum Gasteiger partial charge on any atom is 0.252 e. The Morgan fingerprint density at radius 1 is 1.03 bits per heavy atom. The molecule has 0 saturated carbocycles. The Labute approximate surface area is 182 Å². The second kappa shape index (κ2) is 10.5. The fourth-order valence-electron chi connectivity index (χ4n) is 3.05. The van der Waals surface area contributed by atoms with Crippen LogP contribution in [0.1, 0.15) is 29.6 Å². The van der Waals surface area contributed by atoms with Gasteiger partial charge in [0.15, 0.2) is 0 Å². The zero-order valence-corrected chi connectivity index (χ0v) is 18.0. The summed E-state index contributed by atoms with van der Waals surface area (Å²) in [4.78, 5) is 12.4. The molecule has 1 heterocycles. The molecule has 1 amide bonds. The van der Waals surface area contributed by atoms with Crippen LogP contribution in [0.2, 0.25) is 5.02 Å². The van der Waals surface area contributed by atoms with Gasteiger partial charge in [0.05, 0.1) is 16.5 Å². The van der Waals surface area contributed by atoms with Crippen LogP contribution in [0, 0.1) is 11.8 Å². The first kappa shape index (κ1) is 22.2. The van der Waals surface area contributed by atoms with Crippen LogP contribution in [0.3, 0.4) is 0 Å². The van der Waals surface area contributed by atoms with E-state index in [4.69, 9.17) is 16.3 Å². The number of hydrogen-bond donors (Lipinski definition) is 1. The summed E-state index contributed by atoms with van der Waals surface area (Å²) in [6.07, 6.45) is 2.81. The molecule has 1 aliphatic rings. The largest absolute Gasteiger partial charge is 0.479 e. The number of hydrogen-bond acceptors (Lipinski definition) is 4. The van der Waals surface area contributed by atoms with Gasteiger partial charge in [0.1, 0.15) is 12.4 Å². The van der Waals surface area contributed by atoms with E-state index >= 15 is 0 Å². The van der Waals surface area contributed by atoms with Gasteiger partial charge in [0.25, 0.3) is 5.91 Å². The normalized spacial score (nSPS) is 14.4. The predicted molar refractivity (Wildman–Crippen MR) is 116 cm³/mol. The summed E-state index contributed by atoms with van der Waals surface area (Å²) >= 11 is 5.99. The first-order valence-corrected chi connectivity index (χ1v) is 11.5. The highest BCUT2D eigenvalue weighted by molar-refractivity contribution is 7.89. The van der Waals surface area contributed by atoms with Crippen molar-refractivity contribution < 1.29 is 17.9 Å². The summed E-state index contributed by atoms with van der Waals surface area (Å²) in [7, 11) is -3.50. The average Bonchev–Trinajstić information content (AvgIpc) is 2.78. The number of para-hydroxylation sites is 1. The lowest BCUT2D eigenvalue weighted by Crippen LogP contribution is -2.35. The van der Waals surface area contributed by atoms with Crippen molar-refractivity contribution in [2.24, 2.45) is 0 Å². The van der Waals surface area contributed by atoms with E-state index in [0.29, 0.717) is 29.4 Å². The summed E-state index contributed by atoms with van der Waals surface area (Å²) in [6.45, 7) is 1.40. The van der Waals surface area contributed by atoms with Gasteiger partial charge in [0.2, 0.25) is 10.0 Å². The lowest BCUT2D eigenvalue weighted by molar-refractivity contribution is 0.0958. The number of benzene rings is 2. The van der Waals surface area contributed by atoms with E-state index in [-0.39, 0.29) is 24.0 Å². The second-order valence-electron chi connectivity index (χ2n) is 6.74. The Kier molecular flexibility index (Phi) is 7.75. The lowest BCUT2D eigenvalue weighted by atomic mass is 10.2. The van der Waals surface area contributed by atoms with E-state index in [2.05, 4.69) is 17.2 Å². The van der Waals surface area contributed by atoms with Gasteiger partial charge in [-0.3, -0.25) is 4.79 Å². The number of rotatable bonds is 6. The third-order valence-corrected chi connectivity index (χ3v) is 6.89. The summed E-state index contributed by atoms with van der Waals surface area (Å²) in [5.41, 5.74) is 0.377. The third-order valence-electron chi connectivity index (χ3n) is 4.67. The van der Waals surface area contributed by atoms with E-state index in [1.165, 1.54) is 28.6 Å². The highest BCUT2D eigenvalue weighted by Crippen LogP contribution is 2.23. The summed E-state index contributed by atoms with van der Waals surface area (Å²) in [5.74, 6) is 5.84. The van der Waals surface area contributed by atoms with Crippen LogP contribution in [0.15, 0.2) is 53.4 Å². The molecular formula is C22H23ClN2O4S. The molecule has 2 aromatic rings. The minimum atomic E-state index is -3.50. The Morgan fingerprint density at radius 2 is 1.73 bits per heavy atom. The fourth-order valence-corrected chi connectivity index (χ4v) is 4.76. The van der Waals surface area contributed by atoms with Gasteiger partial charge in [-0.2, -0.15) is 4.31 Å². The molecule has 0 unspecified atom stereocenters. The lowest BCUT2D eigenvalue weighted by Gasteiger charge is -2.25. The molecule has 2 aromatic carbocycles. The van der Waals surface area contributed by atoms with Gasteiger partial charge in [-0.25, -0.2) is 8.42 Å². The number of halogens is 1. The van der Waals surface area contributed by atoms with E-state index < -0.39 is 10.0 Å². The van der Waals surface area contributed by atoms with Crippen LogP contribution < -0.4 is 10.1 Å². The molecule has 0 radical (unpaired) electrons. The molecule has 6 nitrogen and oxygen atoms in total. The first-order valence-electron chi connectivity index (χ1n) is 9.70. The minimum Gasteiger partial charge on any atom is -0.479 e. The van der Waals surface area contributed by atoms with Crippen LogP contribution in [-0.2, 0) is 10.0 Å². The first-order chi connectivity index (χ1) is 14.5. The van der Waals surface area contributed by atoms with Crippen molar-refractivity contribution in [3.63, 3.8) is 0 Å². The number of piperidine rings is 1. The number of nitrogens with zero attached hydrogens (tertiary/aromatic N) is 1. The average molecular weight is 447 g/mol. The Balaban J connectivity index is 1.49. The molecule has 0 spiro atoms. The van der Waals surface area contributed by atoms with E-state index in [1.54, 1.807) is 12.1 Å². The number of ether oxygens (including phenoxy) is 1. The quantitative estimate of drug-likeness (QED) is 0.690. The molecule has 1 fully saturated rings. The smallest absolute Gasteiger partial charge is 0.252 e. The van der Waals surface area contributed by atoms with Crippen LogP contribution in [0.5, 0.6) is 5.75 Å². The van der Waals surface area contributed by atoms with E-state index in [1.807, 2.05) is 12.1 Å². The molecule has 1 N–H and O–H groups in total. The molecule has 0 aromatic heterocycles. The maximum absolute atomic E-state index is 12.7. The van der Waals surface area contributed by atoms with Gasteiger partial charge in [-0.05, 0) is 49.2 Å². The number of nitrogens with one attached hydrogen (secondary N) is 1. The van der Waals surface area contributed by atoms with E-state index in [9.17, 15) is 13.2 Å². The van der Waals surface area contributed by atoms with Gasteiger partial charge in [0, 0.05) is 18.7 Å². The van der Waals surface area contributed by atoms with Crippen molar-refractivity contribution in [1.29, 1.82) is 0 Å². The summed E-state index contributed by atoms with van der Waals surface area (Å²) < 4.78 is 32.3. The number of sulfonamides is 1.